The molecule has 1 fully saturated rings. The van der Waals surface area contributed by atoms with Crippen LogP contribution in [-0.2, 0) is 21.2 Å². The summed E-state index contributed by atoms with van der Waals surface area (Å²) in [6, 6.07) is 14.1. The summed E-state index contributed by atoms with van der Waals surface area (Å²) >= 11 is 6.08. The molecular weight excluding hydrogens is 412 g/mol. The summed E-state index contributed by atoms with van der Waals surface area (Å²) in [7, 11) is -2.11. The molecule has 1 heterocycles. The molecule has 0 saturated carbocycles. The average Bonchev–Trinajstić information content (AvgIpc) is 2.74. The first kappa shape index (κ1) is 21.6. The first-order valence-corrected chi connectivity index (χ1v) is 11.4. The lowest BCUT2D eigenvalue weighted by Crippen LogP contribution is -2.45. The fourth-order valence-corrected chi connectivity index (χ4v) is 5.56. The number of sulfonamides is 1. The van der Waals surface area contributed by atoms with E-state index < -0.39 is 10.0 Å². The lowest BCUT2D eigenvalue weighted by atomic mass is 9.98. The van der Waals surface area contributed by atoms with Gasteiger partial charge >= 0.3 is 0 Å². The molecule has 0 aliphatic carbocycles. The molecule has 2 aromatic carbocycles. The molecule has 1 aliphatic rings. The van der Waals surface area contributed by atoms with Crippen molar-refractivity contribution in [2.24, 2.45) is 5.92 Å². The summed E-state index contributed by atoms with van der Waals surface area (Å²) < 4.78 is 32.6. The van der Waals surface area contributed by atoms with Gasteiger partial charge in [-0.3, -0.25) is 4.79 Å². The van der Waals surface area contributed by atoms with E-state index in [4.69, 9.17) is 16.3 Å². The minimum atomic E-state index is -3.73. The van der Waals surface area contributed by atoms with Crippen LogP contribution in [-0.4, -0.2) is 45.4 Å². The maximum atomic E-state index is 12.9. The van der Waals surface area contributed by atoms with Gasteiger partial charge in [-0.1, -0.05) is 41.9 Å². The van der Waals surface area contributed by atoms with Crippen LogP contribution in [0.1, 0.15) is 18.4 Å². The highest BCUT2D eigenvalue weighted by atomic mass is 35.5. The van der Waals surface area contributed by atoms with Gasteiger partial charge in [0.05, 0.1) is 18.1 Å². The smallest absolute Gasteiger partial charge is 0.244 e. The number of amides is 1. The van der Waals surface area contributed by atoms with Crippen LogP contribution in [0.15, 0.2) is 53.4 Å². The van der Waals surface area contributed by atoms with Crippen LogP contribution < -0.4 is 10.1 Å². The second kappa shape index (κ2) is 9.61. The molecule has 1 N–H and O–H groups in total. The van der Waals surface area contributed by atoms with E-state index in [1.807, 2.05) is 24.3 Å². The molecule has 1 aliphatic heterocycles. The minimum absolute atomic E-state index is 0.0823. The van der Waals surface area contributed by atoms with E-state index in [1.165, 1.54) is 10.4 Å². The highest BCUT2D eigenvalue weighted by Gasteiger charge is 2.34. The van der Waals surface area contributed by atoms with Crippen molar-refractivity contribution in [3.05, 3.63) is 59.1 Å². The summed E-state index contributed by atoms with van der Waals surface area (Å²) in [5.41, 5.74) is 1.02. The zero-order chi connectivity index (χ0) is 20.9. The summed E-state index contributed by atoms with van der Waals surface area (Å²) in [6.45, 7) is 1.01. The molecule has 8 heteroatoms. The number of ether oxygens (including phenoxy) is 1. The Bertz CT molecular complexity index is 965. The summed E-state index contributed by atoms with van der Waals surface area (Å²) in [4.78, 5) is 12.7. The van der Waals surface area contributed by atoms with Crippen LogP contribution >= 0.6 is 11.6 Å². The number of rotatable bonds is 7. The molecule has 29 heavy (non-hydrogen) atoms. The van der Waals surface area contributed by atoms with E-state index in [0.717, 1.165) is 11.3 Å². The number of halogens is 1. The largest absolute Gasteiger partial charge is 0.496 e. The summed E-state index contributed by atoms with van der Waals surface area (Å²) in [5, 5.41) is 3.12. The van der Waals surface area contributed by atoms with E-state index in [-0.39, 0.29) is 28.3 Å². The third-order valence-electron chi connectivity index (χ3n) is 5.10. The van der Waals surface area contributed by atoms with Crippen LogP contribution in [0.2, 0.25) is 5.02 Å². The molecule has 6 nitrogen and oxygen atoms in total. The molecule has 0 radical (unpaired) electrons. The van der Waals surface area contributed by atoms with Gasteiger partial charge in [0.2, 0.25) is 15.9 Å². The molecular formula is C21H25ClN2O4S. The number of carbonyl (C=O) groups excluding carboxylic acids is 1. The number of methoxy groups -OCH3 is 1. The predicted octanol–water partition coefficient (Wildman–Crippen LogP) is 3.11. The Balaban J connectivity index is 1.60. The molecule has 0 aromatic heterocycles. The summed E-state index contributed by atoms with van der Waals surface area (Å²) in [6.07, 6.45) is 1.94. The van der Waals surface area contributed by atoms with Gasteiger partial charge in [-0.2, -0.15) is 4.31 Å². The number of nitrogens with zero attached hydrogens (tertiary/aromatic N) is 1. The lowest BCUT2D eigenvalue weighted by Gasteiger charge is -2.31. The van der Waals surface area contributed by atoms with Crippen molar-refractivity contribution in [2.75, 3.05) is 26.7 Å². The Hall–Kier alpha value is -2.09. The number of benzene rings is 2. The Kier molecular flexibility index (Phi) is 7.16. The molecule has 1 amide bonds. The lowest BCUT2D eigenvalue weighted by molar-refractivity contribution is -0.126. The van der Waals surface area contributed by atoms with Crippen LogP contribution in [0.25, 0.3) is 0 Å². The van der Waals surface area contributed by atoms with Crippen molar-refractivity contribution in [2.45, 2.75) is 24.2 Å². The van der Waals surface area contributed by atoms with E-state index in [2.05, 4.69) is 5.32 Å². The van der Waals surface area contributed by atoms with E-state index in [0.29, 0.717) is 32.4 Å². The van der Waals surface area contributed by atoms with Gasteiger partial charge < -0.3 is 10.1 Å². The van der Waals surface area contributed by atoms with Crippen molar-refractivity contribution >= 4 is 27.5 Å². The SMILES string of the molecule is COc1ccccc1CCNC(=O)C1CCCN(S(=O)(=O)c2ccccc2Cl)C1. The Labute approximate surface area is 176 Å². The van der Waals surface area contributed by atoms with E-state index in [9.17, 15) is 13.2 Å². The zero-order valence-corrected chi connectivity index (χ0v) is 17.9. The standard InChI is InChI=1S/C21H25ClN2O4S/c1-28-19-10-4-2-7-16(19)12-13-23-21(25)17-8-6-14-24(15-17)29(26,27)20-11-5-3-9-18(20)22/h2-5,7,9-11,17H,6,8,12-15H2,1H3,(H,23,25). The van der Waals surface area contributed by atoms with Crippen molar-refractivity contribution < 1.29 is 17.9 Å². The summed E-state index contributed by atoms with van der Waals surface area (Å²) in [5.74, 6) is 0.286. The van der Waals surface area contributed by atoms with Crippen LogP contribution in [0.5, 0.6) is 5.75 Å². The highest BCUT2D eigenvalue weighted by molar-refractivity contribution is 7.89. The molecule has 156 valence electrons. The molecule has 0 spiro atoms. The number of hydrogen-bond donors (Lipinski definition) is 1. The van der Waals surface area contributed by atoms with Crippen LogP contribution in [0.4, 0.5) is 0 Å². The van der Waals surface area contributed by atoms with Gasteiger partial charge in [-0.05, 0) is 43.0 Å². The molecule has 1 saturated heterocycles. The molecule has 1 unspecified atom stereocenters. The average molecular weight is 437 g/mol. The second-order valence-electron chi connectivity index (χ2n) is 6.99. The normalized spacial score (nSPS) is 17.7. The van der Waals surface area contributed by atoms with Gasteiger partial charge in [-0.25, -0.2) is 8.42 Å². The van der Waals surface area contributed by atoms with Gasteiger partial charge in [-0.15, -0.1) is 0 Å². The topological polar surface area (TPSA) is 75.7 Å². The number of hydrogen-bond acceptors (Lipinski definition) is 4. The first-order valence-electron chi connectivity index (χ1n) is 9.57. The van der Waals surface area contributed by atoms with Crippen LogP contribution in [0, 0.1) is 5.92 Å². The number of nitrogens with one attached hydrogen (secondary N) is 1. The maximum Gasteiger partial charge on any atom is 0.244 e. The molecule has 0 bridgehead atoms. The molecule has 1 atom stereocenters. The second-order valence-corrected chi connectivity index (χ2v) is 9.30. The molecule has 3 rings (SSSR count). The Morgan fingerprint density at radius 3 is 2.69 bits per heavy atom. The van der Waals surface area contributed by atoms with Gasteiger partial charge in [0.25, 0.3) is 0 Å². The van der Waals surface area contributed by atoms with Gasteiger partial charge in [0.1, 0.15) is 10.6 Å². The number of piperidine rings is 1. The Morgan fingerprint density at radius 2 is 1.93 bits per heavy atom. The fraction of sp³-hybridized carbons (Fsp3) is 0.381. The van der Waals surface area contributed by atoms with Gasteiger partial charge in [0, 0.05) is 19.6 Å². The van der Waals surface area contributed by atoms with E-state index in [1.54, 1.807) is 25.3 Å². The van der Waals surface area contributed by atoms with Crippen molar-refractivity contribution in [1.29, 1.82) is 0 Å². The predicted molar refractivity (Wildman–Crippen MR) is 113 cm³/mol. The number of para-hydroxylation sites is 1. The number of carbonyl (C=O) groups is 1. The first-order chi connectivity index (χ1) is 13.9. The van der Waals surface area contributed by atoms with Crippen molar-refractivity contribution in [3.8, 4) is 5.75 Å². The minimum Gasteiger partial charge on any atom is -0.496 e. The van der Waals surface area contributed by atoms with Crippen molar-refractivity contribution in [1.82, 2.24) is 9.62 Å². The zero-order valence-electron chi connectivity index (χ0n) is 16.3. The van der Waals surface area contributed by atoms with Crippen molar-refractivity contribution in [3.63, 3.8) is 0 Å². The fourth-order valence-electron chi connectivity index (χ4n) is 3.54. The monoisotopic (exact) mass is 436 g/mol. The Morgan fingerprint density at radius 1 is 1.21 bits per heavy atom. The third kappa shape index (κ3) is 5.10. The van der Waals surface area contributed by atoms with E-state index >= 15 is 0 Å². The highest BCUT2D eigenvalue weighted by Crippen LogP contribution is 2.28. The molecule has 2 aromatic rings. The van der Waals surface area contributed by atoms with Crippen LogP contribution in [0.3, 0.4) is 0 Å². The maximum absolute atomic E-state index is 12.9. The van der Waals surface area contributed by atoms with Gasteiger partial charge in [0.15, 0.2) is 0 Å². The third-order valence-corrected chi connectivity index (χ3v) is 7.46. The quantitative estimate of drug-likeness (QED) is 0.723.